The zero-order chi connectivity index (χ0) is 18.5. The summed E-state index contributed by atoms with van der Waals surface area (Å²) in [4.78, 5) is 17.3. The molecular formula is C19H23FN2O3S. The first-order chi connectivity index (χ1) is 12.5. The minimum atomic E-state index is -0.827. The first-order valence-corrected chi connectivity index (χ1v) is 9.40. The van der Waals surface area contributed by atoms with Gasteiger partial charge in [0.05, 0.1) is 19.3 Å². The number of thiophene rings is 1. The van der Waals surface area contributed by atoms with Crippen LogP contribution in [0.3, 0.4) is 0 Å². The number of carboxylic acid groups (broad SMARTS) is 1. The summed E-state index contributed by atoms with van der Waals surface area (Å²) in [5.41, 5.74) is 1.03. The molecule has 1 aliphatic rings. The molecule has 140 valence electrons. The topological polar surface area (TPSA) is 53.0 Å². The van der Waals surface area contributed by atoms with E-state index >= 15 is 0 Å². The molecule has 0 saturated carbocycles. The van der Waals surface area contributed by atoms with Crippen molar-refractivity contribution in [2.24, 2.45) is 0 Å². The van der Waals surface area contributed by atoms with Gasteiger partial charge in [0.15, 0.2) is 0 Å². The average molecular weight is 378 g/mol. The molecule has 1 fully saturated rings. The van der Waals surface area contributed by atoms with Gasteiger partial charge in [-0.15, -0.1) is 11.3 Å². The van der Waals surface area contributed by atoms with Gasteiger partial charge in [-0.25, -0.2) is 4.39 Å². The Morgan fingerprint density at radius 2 is 2.12 bits per heavy atom. The molecule has 1 atom stereocenters. The lowest BCUT2D eigenvalue weighted by atomic mass is 10.2. The fourth-order valence-corrected chi connectivity index (χ4v) is 4.19. The molecule has 3 rings (SSSR count). The minimum absolute atomic E-state index is 0.0182. The van der Waals surface area contributed by atoms with Gasteiger partial charge in [-0.05, 0) is 36.9 Å². The van der Waals surface area contributed by atoms with Crippen molar-refractivity contribution in [1.29, 1.82) is 0 Å². The Morgan fingerprint density at radius 3 is 2.85 bits per heavy atom. The molecule has 1 aromatic heterocycles. The van der Waals surface area contributed by atoms with Crippen LogP contribution in [0.15, 0.2) is 36.4 Å². The molecule has 1 unspecified atom stereocenters. The van der Waals surface area contributed by atoms with Crippen LogP contribution in [0.1, 0.15) is 4.88 Å². The third-order valence-corrected chi connectivity index (χ3v) is 5.43. The Hall–Kier alpha value is -1.80. The molecule has 5 nitrogen and oxygen atoms in total. The Kier molecular flexibility index (Phi) is 6.37. The van der Waals surface area contributed by atoms with Gasteiger partial charge in [0.25, 0.3) is 0 Å². The van der Waals surface area contributed by atoms with Crippen LogP contribution < -0.4 is 0 Å². The fraction of sp³-hybridized carbons (Fsp3) is 0.421. The summed E-state index contributed by atoms with van der Waals surface area (Å²) < 4.78 is 18.8. The molecule has 0 bridgehead atoms. The lowest BCUT2D eigenvalue weighted by Gasteiger charge is -2.34. The number of carbonyl (C=O) groups is 1. The molecule has 1 saturated heterocycles. The van der Waals surface area contributed by atoms with Gasteiger partial charge in [-0.3, -0.25) is 14.6 Å². The quantitative estimate of drug-likeness (QED) is 0.803. The van der Waals surface area contributed by atoms with E-state index < -0.39 is 5.97 Å². The molecule has 7 heteroatoms. The number of carboxylic acids is 1. The van der Waals surface area contributed by atoms with Crippen molar-refractivity contribution in [3.63, 3.8) is 0 Å². The maximum Gasteiger partial charge on any atom is 0.317 e. The fourth-order valence-electron chi connectivity index (χ4n) is 3.13. The molecule has 1 N–H and O–H groups in total. The lowest BCUT2D eigenvalue weighted by Crippen LogP contribution is -2.47. The number of halogens is 1. The summed E-state index contributed by atoms with van der Waals surface area (Å²) in [5.74, 6) is -1.05. The Morgan fingerprint density at radius 1 is 1.35 bits per heavy atom. The second kappa shape index (κ2) is 8.73. The van der Waals surface area contributed by atoms with Crippen LogP contribution in [-0.2, 0) is 16.1 Å². The van der Waals surface area contributed by atoms with Crippen molar-refractivity contribution in [3.05, 3.63) is 47.1 Å². The summed E-state index contributed by atoms with van der Waals surface area (Å²) in [6.07, 6.45) is 0.0182. The molecule has 0 radical (unpaired) electrons. The first-order valence-electron chi connectivity index (χ1n) is 8.58. The van der Waals surface area contributed by atoms with Gasteiger partial charge in [-0.1, -0.05) is 12.1 Å². The number of morpholine rings is 1. The summed E-state index contributed by atoms with van der Waals surface area (Å²) in [7, 11) is 1.80. The van der Waals surface area contributed by atoms with Crippen molar-refractivity contribution < 1.29 is 19.0 Å². The van der Waals surface area contributed by atoms with E-state index in [4.69, 9.17) is 9.84 Å². The third-order valence-electron chi connectivity index (χ3n) is 4.31. The van der Waals surface area contributed by atoms with Crippen molar-refractivity contribution in [2.45, 2.75) is 12.6 Å². The van der Waals surface area contributed by atoms with Crippen LogP contribution in [0.2, 0.25) is 0 Å². The standard InChI is InChI=1S/C19H23FN2O3S/c1-21(13-19(23)24)10-16-11-22(8-9-25-16)12-17-6-7-18(26-17)14-2-4-15(20)5-3-14/h2-7,16H,8-13H2,1H3,(H,23,24). The van der Waals surface area contributed by atoms with Crippen molar-refractivity contribution in [3.8, 4) is 10.4 Å². The average Bonchev–Trinajstić information content (AvgIpc) is 3.03. The number of nitrogens with zero attached hydrogens (tertiary/aromatic N) is 2. The SMILES string of the molecule is CN(CC(=O)O)CC1CN(Cc2ccc(-c3ccc(F)cc3)s2)CCO1. The second-order valence-electron chi connectivity index (χ2n) is 6.59. The maximum absolute atomic E-state index is 13.1. The van der Waals surface area contributed by atoms with Crippen LogP contribution in [0.4, 0.5) is 4.39 Å². The molecular weight excluding hydrogens is 355 g/mol. The lowest BCUT2D eigenvalue weighted by molar-refractivity contribution is -0.138. The molecule has 0 aliphatic carbocycles. The highest BCUT2D eigenvalue weighted by Crippen LogP contribution is 2.29. The smallest absolute Gasteiger partial charge is 0.317 e. The van der Waals surface area contributed by atoms with E-state index in [2.05, 4.69) is 17.0 Å². The predicted molar refractivity (Wildman–Crippen MR) is 99.9 cm³/mol. The van der Waals surface area contributed by atoms with Gasteiger partial charge in [0.1, 0.15) is 5.82 Å². The number of hydrogen-bond donors (Lipinski definition) is 1. The zero-order valence-corrected chi connectivity index (χ0v) is 15.5. The van der Waals surface area contributed by atoms with Gasteiger partial charge < -0.3 is 9.84 Å². The number of ether oxygens (including phenoxy) is 1. The molecule has 0 amide bonds. The molecule has 2 aromatic rings. The second-order valence-corrected chi connectivity index (χ2v) is 7.76. The van der Waals surface area contributed by atoms with E-state index in [9.17, 15) is 9.18 Å². The highest BCUT2D eigenvalue weighted by atomic mass is 32.1. The summed E-state index contributed by atoms with van der Waals surface area (Å²) in [5, 5.41) is 8.86. The Labute approximate surface area is 156 Å². The number of benzene rings is 1. The van der Waals surface area contributed by atoms with Crippen LogP contribution in [0.5, 0.6) is 0 Å². The summed E-state index contributed by atoms with van der Waals surface area (Å²) in [6, 6.07) is 10.8. The van der Waals surface area contributed by atoms with Crippen LogP contribution in [0, 0.1) is 5.82 Å². The monoisotopic (exact) mass is 378 g/mol. The summed E-state index contributed by atoms with van der Waals surface area (Å²) >= 11 is 1.72. The van der Waals surface area contributed by atoms with Crippen molar-refractivity contribution in [2.75, 3.05) is 39.8 Å². The highest BCUT2D eigenvalue weighted by Gasteiger charge is 2.22. The molecule has 1 aliphatic heterocycles. The van der Waals surface area contributed by atoms with E-state index in [1.165, 1.54) is 17.0 Å². The van der Waals surface area contributed by atoms with Crippen molar-refractivity contribution in [1.82, 2.24) is 9.80 Å². The van der Waals surface area contributed by atoms with E-state index in [1.807, 2.05) is 0 Å². The van der Waals surface area contributed by atoms with E-state index in [-0.39, 0.29) is 18.5 Å². The number of aliphatic carboxylic acids is 1. The number of likely N-dealkylation sites (N-methyl/N-ethyl adjacent to an activating group) is 1. The van der Waals surface area contributed by atoms with Gasteiger partial charge in [-0.2, -0.15) is 0 Å². The molecule has 0 spiro atoms. The van der Waals surface area contributed by atoms with E-state index in [1.54, 1.807) is 35.4 Å². The van der Waals surface area contributed by atoms with Crippen LogP contribution in [0.25, 0.3) is 10.4 Å². The first kappa shape index (κ1) is 19.0. The number of rotatable bonds is 7. The van der Waals surface area contributed by atoms with Crippen LogP contribution >= 0.6 is 11.3 Å². The largest absolute Gasteiger partial charge is 0.480 e. The molecule has 2 heterocycles. The highest BCUT2D eigenvalue weighted by molar-refractivity contribution is 7.15. The normalized spacial score (nSPS) is 18.3. The third kappa shape index (κ3) is 5.35. The Balaban J connectivity index is 1.55. The van der Waals surface area contributed by atoms with Gasteiger partial charge in [0, 0.05) is 35.9 Å². The minimum Gasteiger partial charge on any atom is -0.480 e. The maximum atomic E-state index is 13.1. The summed E-state index contributed by atoms with van der Waals surface area (Å²) in [6.45, 7) is 3.77. The molecule has 26 heavy (non-hydrogen) atoms. The molecule has 1 aromatic carbocycles. The van der Waals surface area contributed by atoms with E-state index in [0.29, 0.717) is 13.2 Å². The van der Waals surface area contributed by atoms with Crippen LogP contribution in [-0.4, -0.2) is 66.8 Å². The van der Waals surface area contributed by atoms with Gasteiger partial charge in [0.2, 0.25) is 0 Å². The van der Waals surface area contributed by atoms with Gasteiger partial charge >= 0.3 is 5.97 Å². The number of hydrogen-bond acceptors (Lipinski definition) is 5. The van der Waals surface area contributed by atoms with E-state index in [0.717, 1.165) is 30.1 Å². The van der Waals surface area contributed by atoms with Crippen molar-refractivity contribution >= 4 is 17.3 Å². The Bertz CT molecular complexity index is 735. The predicted octanol–water partition coefficient (Wildman–Crippen LogP) is 2.77. The zero-order valence-electron chi connectivity index (χ0n) is 14.7.